The number of sulfonamides is 1. The normalized spacial score (nSPS) is 13.4. The number of hydrogen-bond acceptors (Lipinski definition) is 7. The second kappa shape index (κ2) is 8.53. The van der Waals surface area contributed by atoms with Gasteiger partial charge in [-0.05, 0) is 38.1 Å². The van der Waals surface area contributed by atoms with Gasteiger partial charge in [0.15, 0.2) is 6.10 Å². The lowest BCUT2D eigenvalue weighted by Gasteiger charge is -2.17. The molecule has 11 heteroatoms. The van der Waals surface area contributed by atoms with Gasteiger partial charge in [0.25, 0.3) is 5.91 Å². The number of nitrogens with one attached hydrogen (secondary N) is 2. The summed E-state index contributed by atoms with van der Waals surface area (Å²) in [5.41, 5.74) is 0. The first-order chi connectivity index (χ1) is 11.6. The fourth-order valence-corrected chi connectivity index (χ4v) is 2.74. The summed E-state index contributed by atoms with van der Waals surface area (Å²) >= 11 is 0. The van der Waals surface area contributed by atoms with Gasteiger partial charge in [0.1, 0.15) is 11.9 Å². The van der Waals surface area contributed by atoms with E-state index in [9.17, 15) is 27.2 Å². The maximum Gasteiger partial charge on any atom is 0.413 e. The maximum absolute atomic E-state index is 12.8. The summed E-state index contributed by atoms with van der Waals surface area (Å²) in [5.74, 6) is -2.59. The van der Waals surface area contributed by atoms with E-state index >= 15 is 0 Å². The third kappa shape index (κ3) is 6.12. The predicted octanol–water partition coefficient (Wildman–Crippen LogP) is 0.307. The number of ether oxygens (including phenoxy) is 2. The van der Waals surface area contributed by atoms with E-state index in [1.165, 1.54) is 13.8 Å². The van der Waals surface area contributed by atoms with Crippen molar-refractivity contribution in [2.24, 2.45) is 0 Å². The number of benzene rings is 1. The molecule has 1 aromatic carbocycles. The monoisotopic (exact) mass is 376 g/mol. The van der Waals surface area contributed by atoms with E-state index in [1.54, 1.807) is 5.32 Å². The highest BCUT2D eigenvalue weighted by Crippen LogP contribution is 2.10. The molecular weight excluding hydrogens is 359 g/mol. The van der Waals surface area contributed by atoms with E-state index in [-0.39, 0.29) is 4.90 Å². The highest BCUT2D eigenvalue weighted by atomic mass is 32.2. The van der Waals surface area contributed by atoms with Crippen LogP contribution in [-0.4, -0.2) is 45.6 Å². The molecule has 0 unspecified atom stereocenters. The van der Waals surface area contributed by atoms with Gasteiger partial charge in [-0.15, -0.1) is 0 Å². The lowest BCUT2D eigenvalue weighted by molar-refractivity contribution is -0.155. The van der Waals surface area contributed by atoms with Crippen molar-refractivity contribution in [3.05, 3.63) is 30.1 Å². The van der Waals surface area contributed by atoms with Crippen LogP contribution in [0.4, 0.5) is 9.18 Å². The summed E-state index contributed by atoms with van der Waals surface area (Å²) in [4.78, 5) is 34.1. The molecule has 25 heavy (non-hydrogen) atoms. The molecule has 0 heterocycles. The van der Waals surface area contributed by atoms with Gasteiger partial charge < -0.3 is 9.47 Å². The van der Waals surface area contributed by atoms with Crippen LogP contribution in [0.3, 0.4) is 0 Å². The van der Waals surface area contributed by atoms with Gasteiger partial charge in [-0.25, -0.2) is 17.6 Å². The number of alkyl carbamates (subject to hydrolysis) is 1. The third-order valence-corrected chi connectivity index (χ3v) is 4.44. The van der Waals surface area contributed by atoms with Crippen LogP contribution in [0.1, 0.15) is 13.8 Å². The number of esters is 1. The molecule has 0 bridgehead atoms. The molecule has 0 aromatic heterocycles. The Morgan fingerprint density at radius 3 is 2.20 bits per heavy atom. The van der Waals surface area contributed by atoms with Gasteiger partial charge in [-0.3, -0.25) is 14.9 Å². The van der Waals surface area contributed by atoms with Gasteiger partial charge in [-0.2, -0.15) is 4.72 Å². The molecule has 0 saturated heterocycles. The molecule has 9 nitrogen and oxygen atoms in total. The molecule has 2 atom stereocenters. The lowest BCUT2D eigenvalue weighted by Crippen LogP contribution is -2.44. The summed E-state index contributed by atoms with van der Waals surface area (Å²) in [6, 6.07) is 2.64. The zero-order chi connectivity index (χ0) is 19.2. The van der Waals surface area contributed by atoms with Crippen LogP contribution < -0.4 is 10.0 Å². The molecular formula is C14H17FN2O7S. The van der Waals surface area contributed by atoms with E-state index in [4.69, 9.17) is 4.74 Å². The molecule has 138 valence electrons. The quantitative estimate of drug-likeness (QED) is 0.684. The van der Waals surface area contributed by atoms with Crippen LogP contribution in [0.15, 0.2) is 29.2 Å². The lowest BCUT2D eigenvalue weighted by atomic mass is 10.3. The van der Waals surface area contributed by atoms with E-state index in [0.717, 1.165) is 31.4 Å². The molecule has 0 radical (unpaired) electrons. The van der Waals surface area contributed by atoms with Crippen LogP contribution in [-0.2, 0) is 29.1 Å². The van der Waals surface area contributed by atoms with Crippen molar-refractivity contribution >= 4 is 28.0 Å². The number of carbonyl (C=O) groups excluding carboxylic acids is 3. The van der Waals surface area contributed by atoms with Crippen LogP contribution in [0.5, 0.6) is 0 Å². The molecule has 1 aromatic rings. The molecule has 0 aliphatic carbocycles. The van der Waals surface area contributed by atoms with Gasteiger partial charge in [0.2, 0.25) is 10.0 Å². The summed E-state index contributed by atoms with van der Waals surface area (Å²) in [5, 5.41) is 1.80. The number of carbonyl (C=O) groups is 3. The molecule has 0 saturated carbocycles. The second-order valence-electron chi connectivity index (χ2n) is 4.86. The van der Waals surface area contributed by atoms with Gasteiger partial charge in [0, 0.05) is 0 Å². The standard InChI is InChI=1S/C14H17FN2O7S/c1-8(13(19)24-9(2)12(18)16-14(20)23-3)17-25(21,22)11-6-4-10(15)5-7-11/h4-9,17H,1-3H3,(H,16,18,20)/t8-,9+/m0/s1. The van der Waals surface area contributed by atoms with Crippen LogP contribution in [0, 0.1) is 5.82 Å². The van der Waals surface area contributed by atoms with Crippen molar-refractivity contribution in [2.45, 2.75) is 30.9 Å². The first kappa shape index (κ1) is 20.5. The first-order valence-corrected chi connectivity index (χ1v) is 8.42. The summed E-state index contributed by atoms with van der Waals surface area (Å²) in [7, 11) is -3.05. The Morgan fingerprint density at radius 1 is 1.12 bits per heavy atom. The fourth-order valence-electron chi connectivity index (χ4n) is 1.55. The average molecular weight is 376 g/mol. The Morgan fingerprint density at radius 2 is 1.68 bits per heavy atom. The van der Waals surface area contributed by atoms with E-state index < -0.39 is 46.0 Å². The number of methoxy groups -OCH3 is 1. The van der Waals surface area contributed by atoms with Gasteiger partial charge in [0.05, 0.1) is 12.0 Å². The van der Waals surface area contributed by atoms with E-state index in [2.05, 4.69) is 4.74 Å². The minimum atomic E-state index is -4.09. The molecule has 1 rings (SSSR count). The van der Waals surface area contributed by atoms with Crippen molar-refractivity contribution < 1.29 is 36.7 Å². The SMILES string of the molecule is COC(=O)NC(=O)[C@@H](C)OC(=O)[C@H](C)NS(=O)(=O)c1ccc(F)cc1. The number of imide groups is 1. The van der Waals surface area contributed by atoms with Crippen molar-refractivity contribution in [2.75, 3.05) is 7.11 Å². The fraction of sp³-hybridized carbons (Fsp3) is 0.357. The zero-order valence-corrected chi connectivity index (χ0v) is 14.4. The predicted molar refractivity (Wildman–Crippen MR) is 82.3 cm³/mol. The van der Waals surface area contributed by atoms with Crippen LogP contribution >= 0.6 is 0 Å². The van der Waals surface area contributed by atoms with Crippen molar-refractivity contribution in [1.82, 2.24) is 10.0 Å². The number of amides is 2. The van der Waals surface area contributed by atoms with Crippen LogP contribution in [0.25, 0.3) is 0 Å². The van der Waals surface area contributed by atoms with Crippen molar-refractivity contribution in [3.8, 4) is 0 Å². The van der Waals surface area contributed by atoms with Gasteiger partial charge in [-0.1, -0.05) is 0 Å². The Hall–Kier alpha value is -2.53. The zero-order valence-electron chi connectivity index (χ0n) is 13.6. The smallest absolute Gasteiger partial charge is 0.413 e. The first-order valence-electron chi connectivity index (χ1n) is 6.94. The summed E-state index contributed by atoms with van der Waals surface area (Å²) in [6.07, 6.45) is -2.39. The van der Waals surface area contributed by atoms with E-state index in [1.807, 2.05) is 4.72 Å². The third-order valence-electron chi connectivity index (χ3n) is 2.88. The Bertz CT molecular complexity index is 749. The molecule has 0 fully saturated rings. The number of rotatable bonds is 6. The Labute approximate surface area is 143 Å². The topological polar surface area (TPSA) is 128 Å². The average Bonchev–Trinajstić information content (AvgIpc) is 2.54. The van der Waals surface area contributed by atoms with Crippen molar-refractivity contribution in [1.29, 1.82) is 0 Å². The van der Waals surface area contributed by atoms with Gasteiger partial charge >= 0.3 is 12.1 Å². The largest absolute Gasteiger partial charge is 0.453 e. The minimum Gasteiger partial charge on any atom is -0.453 e. The van der Waals surface area contributed by atoms with E-state index in [0.29, 0.717) is 0 Å². The minimum absolute atomic E-state index is 0.245. The second-order valence-corrected chi connectivity index (χ2v) is 6.57. The molecule has 0 spiro atoms. The van der Waals surface area contributed by atoms with Crippen LogP contribution in [0.2, 0.25) is 0 Å². The molecule has 0 aliphatic heterocycles. The Balaban J connectivity index is 2.68. The number of halogens is 1. The molecule has 0 aliphatic rings. The molecule has 2 N–H and O–H groups in total. The number of hydrogen-bond donors (Lipinski definition) is 2. The Kier molecular flexibility index (Phi) is 7.00. The summed E-state index contributed by atoms with van der Waals surface area (Å²) in [6.45, 7) is 2.39. The van der Waals surface area contributed by atoms with Crippen molar-refractivity contribution in [3.63, 3.8) is 0 Å². The highest BCUT2D eigenvalue weighted by molar-refractivity contribution is 7.89. The summed E-state index contributed by atoms with van der Waals surface area (Å²) < 4.78 is 48.0. The maximum atomic E-state index is 12.8. The highest BCUT2D eigenvalue weighted by Gasteiger charge is 2.27. The molecule has 2 amide bonds.